The van der Waals surface area contributed by atoms with Crippen molar-refractivity contribution >= 4 is 17.5 Å². The largest absolute Gasteiger partial charge is 0.451 e. The molecule has 174 valence electrons. The van der Waals surface area contributed by atoms with Crippen molar-refractivity contribution in [3.8, 4) is 0 Å². The van der Waals surface area contributed by atoms with E-state index < -0.39 is 52.1 Å². The molecule has 0 radical (unpaired) electrons. The van der Waals surface area contributed by atoms with E-state index in [0.29, 0.717) is 11.6 Å². The lowest BCUT2D eigenvalue weighted by Gasteiger charge is -2.36. The zero-order valence-corrected chi connectivity index (χ0v) is 17.0. The van der Waals surface area contributed by atoms with Gasteiger partial charge in [-0.25, -0.2) is 4.39 Å². The van der Waals surface area contributed by atoms with Crippen LogP contribution in [0.2, 0.25) is 5.02 Å². The van der Waals surface area contributed by atoms with E-state index in [0.717, 1.165) is 15.5 Å². The van der Waals surface area contributed by atoms with Crippen LogP contribution < -0.4 is 0 Å². The Kier molecular flexibility index (Phi) is 5.59. The Morgan fingerprint density at radius 1 is 0.939 bits per heavy atom. The van der Waals surface area contributed by atoms with Gasteiger partial charge in [-0.3, -0.25) is 4.79 Å². The lowest BCUT2D eigenvalue weighted by molar-refractivity contribution is -0.148. The minimum Gasteiger partial charge on any atom is -0.322 e. The molecule has 0 bridgehead atoms. The van der Waals surface area contributed by atoms with Crippen LogP contribution in [-0.2, 0) is 18.9 Å². The molecule has 1 amide bonds. The SMILES string of the molecule is O=C(c1ccc(F)c(C(F)(F)F)c1Cl)N1CCn2c(nnc2C(F)(F)F)[C@H]1c1ccccc1. The summed E-state index contributed by atoms with van der Waals surface area (Å²) in [4.78, 5) is 14.3. The van der Waals surface area contributed by atoms with Gasteiger partial charge in [-0.2, -0.15) is 26.3 Å². The van der Waals surface area contributed by atoms with E-state index in [9.17, 15) is 35.5 Å². The topological polar surface area (TPSA) is 51.0 Å². The fraction of sp³-hybridized carbons (Fsp3) is 0.250. The molecule has 0 unspecified atom stereocenters. The van der Waals surface area contributed by atoms with Crippen molar-refractivity contribution in [1.29, 1.82) is 0 Å². The van der Waals surface area contributed by atoms with Gasteiger partial charge >= 0.3 is 12.4 Å². The Morgan fingerprint density at radius 3 is 2.21 bits per heavy atom. The second-order valence-electron chi connectivity index (χ2n) is 7.12. The lowest BCUT2D eigenvalue weighted by atomic mass is 10.0. The molecule has 4 rings (SSSR count). The molecule has 1 aliphatic rings. The van der Waals surface area contributed by atoms with Crippen molar-refractivity contribution in [2.24, 2.45) is 0 Å². The van der Waals surface area contributed by atoms with E-state index in [4.69, 9.17) is 11.6 Å². The molecule has 1 atom stereocenters. The van der Waals surface area contributed by atoms with Crippen LogP contribution in [0.5, 0.6) is 0 Å². The highest BCUT2D eigenvalue weighted by molar-refractivity contribution is 6.34. The number of rotatable bonds is 2. The second-order valence-corrected chi connectivity index (χ2v) is 7.50. The van der Waals surface area contributed by atoms with Crippen LogP contribution in [0.1, 0.15) is 39.2 Å². The number of halogens is 8. The monoisotopic (exact) mass is 492 g/mol. The normalized spacial score (nSPS) is 16.6. The van der Waals surface area contributed by atoms with Crippen LogP contribution >= 0.6 is 11.6 Å². The summed E-state index contributed by atoms with van der Waals surface area (Å²) in [6.45, 7) is -0.682. The van der Waals surface area contributed by atoms with E-state index in [-0.39, 0.29) is 18.9 Å². The molecule has 2 aromatic carbocycles. The standard InChI is InChI=1S/C20H12ClF7N4O/c21-14-11(6-7-12(22)13(14)19(23,24)25)17(33)31-8-9-32-16(29-30-18(32)20(26,27)28)15(31)10-4-2-1-3-5-10/h1-7,15H,8-9H2/t15-/m1/s1. The molecule has 0 N–H and O–H groups in total. The summed E-state index contributed by atoms with van der Waals surface area (Å²) in [6, 6.07) is 7.90. The van der Waals surface area contributed by atoms with Crippen LogP contribution in [0.25, 0.3) is 0 Å². The zero-order valence-electron chi connectivity index (χ0n) is 16.3. The van der Waals surface area contributed by atoms with E-state index in [2.05, 4.69) is 10.2 Å². The zero-order chi connectivity index (χ0) is 24.1. The quantitative estimate of drug-likeness (QED) is 0.453. The molecular weight excluding hydrogens is 481 g/mol. The van der Waals surface area contributed by atoms with Crippen molar-refractivity contribution in [2.45, 2.75) is 24.9 Å². The molecule has 0 saturated carbocycles. The molecule has 2 heterocycles. The Morgan fingerprint density at radius 2 is 1.61 bits per heavy atom. The molecule has 0 fully saturated rings. The second kappa shape index (κ2) is 8.01. The maximum absolute atomic E-state index is 13.8. The van der Waals surface area contributed by atoms with Gasteiger partial charge in [0.25, 0.3) is 5.91 Å². The van der Waals surface area contributed by atoms with Crippen molar-refractivity contribution in [3.63, 3.8) is 0 Å². The molecule has 0 spiro atoms. The lowest BCUT2D eigenvalue weighted by Crippen LogP contribution is -2.43. The number of amides is 1. The van der Waals surface area contributed by atoms with Gasteiger partial charge in [0, 0.05) is 13.1 Å². The maximum Gasteiger partial charge on any atom is 0.451 e. The summed E-state index contributed by atoms with van der Waals surface area (Å²) in [5, 5.41) is 5.70. The third-order valence-electron chi connectivity index (χ3n) is 5.13. The van der Waals surface area contributed by atoms with Crippen LogP contribution in [0.15, 0.2) is 42.5 Å². The predicted octanol–water partition coefficient (Wildman–Crippen LogP) is 5.35. The molecule has 0 aliphatic carbocycles. The Labute approximate surface area is 186 Å². The summed E-state index contributed by atoms with van der Waals surface area (Å²) in [7, 11) is 0. The van der Waals surface area contributed by atoms with Crippen LogP contribution in [0.4, 0.5) is 30.7 Å². The van der Waals surface area contributed by atoms with Gasteiger partial charge in [-0.15, -0.1) is 10.2 Å². The third-order valence-corrected chi connectivity index (χ3v) is 5.53. The number of carbonyl (C=O) groups is 1. The molecule has 3 aromatic rings. The van der Waals surface area contributed by atoms with Crippen molar-refractivity contribution in [1.82, 2.24) is 19.7 Å². The molecular formula is C20H12ClF7N4O. The van der Waals surface area contributed by atoms with E-state index in [1.165, 1.54) is 12.1 Å². The number of aromatic nitrogens is 3. The highest BCUT2D eigenvalue weighted by atomic mass is 35.5. The first-order valence-electron chi connectivity index (χ1n) is 9.32. The fourth-order valence-electron chi connectivity index (χ4n) is 3.74. The van der Waals surface area contributed by atoms with Gasteiger partial charge in [0.2, 0.25) is 5.82 Å². The first-order valence-corrected chi connectivity index (χ1v) is 9.70. The number of fused-ring (bicyclic) bond motifs is 1. The minimum atomic E-state index is -5.17. The van der Waals surface area contributed by atoms with E-state index in [1.807, 2.05) is 0 Å². The van der Waals surface area contributed by atoms with Crippen LogP contribution in [0.3, 0.4) is 0 Å². The van der Waals surface area contributed by atoms with Crippen molar-refractivity contribution < 1.29 is 35.5 Å². The van der Waals surface area contributed by atoms with Crippen molar-refractivity contribution in [2.75, 3.05) is 6.54 Å². The number of hydrogen-bond acceptors (Lipinski definition) is 3. The maximum atomic E-state index is 13.8. The first-order chi connectivity index (χ1) is 15.4. The van der Waals surface area contributed by atoms with Gasteiger partial charge in [0.15, 0.2) is 5.82 Å². The Bertz CT molecular complexity index is 1210. The number of benzene rings is 2. The summed E-state index contributed by atoms with van der Waals surface area (Å²) in [6.07, 6.45) is -9.97. The van der Waals surface area contributed by atoms with E-state index >= 15 is 0 Å². The van der Waals surface area contributed by atoms with Gasteiger partial charge in [0.1, 0.15) is 17.4 Å². The minimum absolute atomic E-state index is 0.220. The number of nitrogens with zero attached hydrogens (tertiary/aromatic N) is 4. The third kappa shape index (κ3) is 4.03. The number of carbonyl (C=O) groups excluding carboxylic acids is 1. The van der Waals surface area contributed by atoms with Crippen LogP contribution in [-0.4, -0.2) is 32.1 Å². The predicted molar refractivity (Wildman–Crippen MR) is 101 cm³/mol. The number of alkyl halides is 6. The number of hydrogen-bond donors (Lipinski definition) is 0. The molecule has 5 nitrogen and oxygen atoms in total. The van der Waals surface area contributed by atoms with Crippen LogP contribution in [0, 0.1) is 5.82 Å². The first kappa shape index (κ1) is 23.0. The van der Waals surface area contributed by atoms with Gasteiger partial charge in [-0.05, 0) is 17.7 Å². The van der Waals surface area contributed by atoms with Crippen molar-refractivity contribution in [3.05, 3.63) is 81.6 Å². The molecule has 1 aliphatic heterocycles. The average molecular weight is 493 g/mol. The molecule has 13 heteroatoms. The summed E-state index contributed by atoms with van der Waals surface area (Å²) >= 11 is 5.78. The highest BCUT2D eigenvalue weighted by Gasteiger charge is 2.44. The summed E-state index contributed by atoms with van der Waals surface area (Å²) in [5.41, 5.74) is -2.09. The van der Waals surface area contributed by atoms with E-state index in [1.54, 1.807) is 18.2 Å². The summed E-state index contributed by atoms with van der Waals surface area (Å²) < 4.78 is 94.5. The van der Waals surface area contributed by atoms with Gasteiger partial charge < -0.3 is 9.47 Å². The Hall–Kier alpha value is -3.15. The van der Waals surface area contributed by atoms with Gasteiger partial charge in [0.05, 0.1) is 10.6 Å². The molecule has 0 saturated heterocycles. The Balaban J connectivity index is 1.84. The summed E-state index contributed by atoms with van der Waals surface area (Å²) in [5.74, 6) is -4.16. The molecule has 33 heavy (non-hydrogen) atoms. The average Bonchev–Trinajstić information content (AvgIpc) is 3.17. The smallest absolute Gasteiger partial charge is 0.322 e. The van der Waals surface area contributed by atoms with Gasteiger partial charge in [-0.1, -0.05) is 41.9 Å². The molecule has 1 aromatic heterocycles. The highest BCUT2D eigenvalue weighted by Crippen LogP contribution is 2.41. The fourth-order valence-corrected chi connectivity index (χ4v) is 4.08.